The molecule has 1 aromatic rings. The Morgan fingerprint density at radius 1 is 1.30 bits per heavy atom. The lowest BCUT2D eigenvalue weighted by Gasteiger charge is -2.40. The molecule has 0 saturated carbocycles. The average molecular weight is 278 g/mol. The highest BCUT2D eigenvalue weighted by Gasteiger charge is 2.42. The molecule has 1 atom stereocenters. The number of carbonyl (C=O) groups excluding carboxylic acids is 1. The van der Waals surface area contributed by atoms with E-state index in [0.29, 0.717) is 6.54 Å². The summed E-state index contributed by atoms with van der Waals surface area (Å²) in [6.07, 6.45) is 1.74. The highest BCUT2D eigenvalue weighted by molar-refractivity contribution is 5.85. The molecule has 5 nitrogen and oxygen atoms in total. The van der Waals surface area contributed by atoms with Crippen molar-refractivity contribution in [3.63, 3.8) is 0 Å². The minimum absolute atomic E-state index is 0.208. The third-order valence-corrected chi connectivity index (χ3v) is 3.73. The predicted octanol–water partition coefficient (Wildman–Crippen LogP) is 1.74. The molecule has 0 aliphatic carbocycles. The Labute approximate surface area is 119 Å². The van der Waals surface area contributed by atoms with Crippen LogP contribution in [-0.2, 0) is 9.53 Å². The van der Waals surface area contributed by atoms with Gasteiger partial charge in [0.1, 0.15) is 11.3 Å². The summed E-state index contributed by atoms with van der Waals surface area (Å²) in [5.41, 5.74) is 0.225. The highest BCUT2D eigenvalue weighted by atomic mass is 16.5. The summed E-state index contributed by atoms with van der Waals surface area (Å²) >= 11 is 0. The number of ether oxygens (including phenoxy) is 2. The third kappa shape index (κ3) is 3.04. The predicted molar refractivity (Wildman–Crippen MR) is 78.1 cm³/mol. The van der Waals surface area contributed by atoms with Crippen molar-refractivity contribution in [2.45, 2.75) is 18.4 Å². The van der Waals surface area contributed by atoms with Crippen molar-refractivity contribution < 1.29 is 14.3 Å². The fraction of sp³-hybridized carbons (Fsp3) is 0.533. The molecular formula is C15H22N2O3. The van der Waals surface area contributed by atoms with E-state index < -0.39 is 5.54 Å². The summed E-state index contributed by atoms with van der Waals surface area (Å²) < 4.78 is 10.1. The lowest BCUT2D eigenvalue weighted by Crippen LogP contribution is -2.57. The van der Waals surface area contributed by atoms with Gasteiger partial charge < -0.3 is 19.7 Å². The maximum absolute atomic E-state index is 12.2. The topological polar surface area (TPSA) is 50.8 Å². The van der Waals surface area contributed by atoms with E-state index >= 15 is 0 Å². The number of hydrogen-bond donors (Lipinski definition) is 1. The van der Waals surface area contributed by atoms with Gasteiger partial charge in [-0.3, -0.25) is 0 Å². The second kappa shape index (κ2) is 6.13. The molecule has 1 unspecified atom stereocenters. The van der Waals surface area contributed by atoms with E-state index in [2.05, 4.69) is 10.2 Å². The van der Waals surface area contributed by atoms with Crippen LogP contribution in [0.5, 0.6) is 5.75 Å². The van der Waals surface area contributed by atoms with Gasteiger partial charge in [0.2, 0.25) is 0 Å². The molecule has 1 saturated heterocycles. The summed E-state index contributed by atoms with van der Waals surface area (Å²) in [5.74, 6) is 0.586. The first-order valence-electron chi connectivity index (χ1n) is 6.79. The van der Waals surface area contributed by atoms with Gasteiger partial charge in [-0.25, -0.2) is 4.79 Å². The number of nitrogens with zero attached hydrogens (tertiary/aromatic N) is 1. The quantitative estimate of drug-likeness (QED) is 0.850. The molecule has 1 N–H and O–H groups in total. The molecule has 1 heterocycles. The van der Waals surface area contributed by atoms with Crippen LogP contribution in [0.25, 0.3) is 0 Å². The maximum atomic E-state index is 12.2. The number of rotatable bonds is 4. The average Bonchev–Trinajstić information content (AvgIpc) is 2.47. The molecule has 0 radical (unpaired) electrons. The first kappa shape index (κ1) is 14.7. The van der Waals surface area contributed by atoms with Crippen LogP contribution in [0.2, 0.25) is 0 Å². The van der Waals surface area contributed by atoms with Crippen molar-refractivity contribution in [1.29, 1.82) is 0 Å². The van der Waals surface area contributed by atoms with Crippen LogP contribution in [0.4, 0.5) is 5.69 Å². The molecule has 1 fully saturated rings. The van der Waals surface area contributed by atoms with Crippen molar-refractivity contribution in [3.05, 3.63) is 24.3 Å². The molecule has 5 heteroatoms. The van der Waals surface area contributed by atoms with Crippen LogP contribution in [0.1, 0.15) is 12.8 Å². The fourth-order valence-corrected chi connectivity index (χ4v) is 2.74. The van der Waals surface area contributed by atoms with Gasteiger partial charge in [-0.1, -0.05) is 0 Å². The lowest BCUT2D eigenvalue weighted by atomic mass is 9.88. The standard InChI is InChI=1S/C15H22N2O3/c1-17-10-4-9-15(11-17,14(18)20-3)16-12-5-7-13(19-2)8-6-12/h5-8,16H,4,9-11H2,1-3H3. The van der Waals surface area contributed by atoms with Crippen molar-refractivity contribution >= 4 is 11.7 Å². The molecule has 1 aliphatic heterocycles. The molecule has 0 amide bonds. The molecule has 0 spiro atoms. The number of piperidine rings is 1. The van der Waals surface area contributed by atoms with E-state index in [9.17, 15) is 4.79 Å². The number of benzene rings is 1. The SMILES string of the molecule is COC(=O)C1(Nc2ccc(OC)cc2)CCCN(C)C1. The Morgan fingerprint density at radius 2 is 2.00 bits per heavy atom. The molecule has 110 valence electrons. The van der Waals surface area contributed by atoms with Crippen LogP contribution in [-0.4, -0.2) is 50.8 Å². The molecule has 2 rings (SSSR count). The normalized spacial score (nSPS) is 23.1. The number of likely N-dealkylation sites (tertiary alicyclic amines) is 1. The van der Waals surface area contributed by atoms with Crippen LogP contribution >= 0.6 is 0 Å². The number of anilines is 1. The van der Waals surface area contributed by atoms with E-state index in [4.69, 9.17) is 9.47 Å². The lowest BCUT2D eigenvalue weighted by molar-refractivity contribution is -0.147. The van der Waals surface area contributed by atoms with E-state index in [1.165, 1.54) is 7.11 Å². The number of nitrogens with one attached hydrogen (secondary N) is 1. The number of likely N-dealkylation sites (N-methyl/N-ethyl adjacent to an activating group) is 1. The first-order chi connectivity index (χ1) is 9.59. The van der Waals surface area contributed by atoms with Gasteiger partial charge >= 0.3 is 5.97 Å². The summed E-state index contributed by atoms with van der Waals surface area (Å²) in [7, 11) is 5.09. The van der Waals surface area contributed by atoms with Gasteiger partial charge in [0, 0.05) is 12.2 Å². The number of hydrogen-bond acceptors (Lipinski definition) is 5. The van der Waals surface area contributed by atoms with Gasteiger partial charge in [0.25, 0.3) is 0 Å². The Kier molecular flexibility index (Phi) is 4.49. The van der Waals surface area contributed by atoms with Crippen molar-refractivity contribution in [2.75, 3.05) is 39.7 Å². The fourth-order valence-electron chi connectivity index (χ4n) is 2.74. The number of methoxy groups -OCH3 is 2. The smallest absolute Gasteiger partial charge is 0.332 e. The maximum Gasteiger partial charge on any atom is 0.332 e. The third-order valence-electron chi connectivity index (χ3n) is 3.73. The number of carbonyl (C=O) groups is 1. The Morgan fingerprint density at radius 3 is 2.55 bits per heavy atom. The summed E-state index contributed by atoms with van der Waals surface area (Å²) in [5, 5.41) is 3.36. The monoisotopic (exact) mass is 278 g/mol. The molecule has 0 aromatic heterocycles. The molecule has 0 bridgehead atoms. The second-order valence-corrected chi connectivity index (χ2v) is 5.27. The van der Waals surface area contributed by atoms with Crippen LogP contribution in [0, 0.1) is 0 Å². The summed E-state index contributed by atoms with van der Waals surface area (Å²) in [4.78, 5) is 14.4. The van der Waals surface area contributed by atoms with E-state index in [1.54, 1.807) is 7.11 Å². The van der Waals surface area contributed by atoms with E-state index in [-0.39, 0.29) is 5.97 Å². The molecule has 1 aromatic carbocycles. The van der Waals surface area contributed by atoms with Gasteiger partial charge in [-0.2, -0.15) is 0 Å². The molecule has 20 heavy (non-hydrogen) atoms. The van der Waals surface area contributed by atoms with Crippen LogP contribution < -0.4 is 10.1 Å². The Hall–Kier alpha value is -1.75. The molecular weight excluding hydrogens is 256 g/mol. The summed E-state index contributed by atoms with van der Waals surface area (Å²) in [6, 6.07) is 7.58. The largest absolute Gasteiger partial charge is 0.497 e. The van der Waals surface area contributed by atoms with Crippen molar-refractivity contribution in [1.82, 2.24) is 4.90 Å². The number of esters is 1. The zero-order chi connectivity index (χ0) is 14.6. The van der Waals surface area contributed by atoms with Gasteiger partial charge in [0.15, 0.2) is 0 Å². The summed E-state index contributed by atoms with van der Waals surface area (Å²) in [6.45, 7) is 1.65. The molecule has 1 aliphatic rings. The Balaban J connectivity index is 2.20. The van der Waals surface area contributed by atoms with E-state index in [1.807, 2.05) is 31.3 Å². The van der Waals surface area contributed by atoms with Crippen molar-refractivity contribution in [3.8, 4) is 5.75 Å². The first-order valence-corrected chi connectivity index (χ1v) is 6.79. The van der Waals surface area contributed by atoms with Crippen molar-refractivity contribution in [2.24, 2.45) is 0 Å². The minimum Gasteiger partial charge on any atom is -0.497 e. The zero-order valence-corrected chi connectivity index (χ0v) is 12.3. The van der Waals surface area contributed by atoms with Crippen LogP contribution in [0.3, 0.4) is 0 Å². The minimum atomic E-state index is -0.670. The Bertz CT molecular complexity index is 461. The van der Waals surface area contributed by atoms with E-state index in [0.717, 1.165) is 30.8 Å². The van der Waals surface area contributed by atoms with Gasteiger partial charge in [-0.05, 0) is 50.7 Å². The van der Waals surface area contributed by atoms with Gasteiger partial charge in [0.05, 0.1) is 14.2 Å². The van der Waals surface area contributed by atoms with Crippen LogP contribution in [0.15, 0.2) is 24.3 Å². The highest BCUT2D eigenvalue weighted by Crippen LogP contribution is 2.27. The van der Waals surface area contributed by atoms with Gasteiger partial charge in [-0.15, -0.1) is 0 Å². The zero-order valence-electron chi connectivity index (χ0n) is 12.3. The second-order valence-electron chi connectivity index (χ2n) is 5.27.